The Morgan fingerprint density at radius 1 is 0.964 bits per heavy atom. The van der Waals surface area contributed by atoms with Gasteiger partial charge in [-0.1, -0.05) is 5.16 Å². The van der Waals surface area contributed by atoms with Crippen molar-refractivity contribution < 1.29 is 14.0 Å². The number of ether oxygens (including phenoxy) is 2. The zero-order chi connectivity index (χ0) is 18.8. The number of hydrogen-bond acceptors (Lipinski definition) is 8. The van der Waals surface area contributed by atoms with Gasteiger partial charge in [-0.2, -0.15) is 4.98 Å². The monoisotopic (exact) mass is 385 g/mol. The molecule has 3 aliphatic heterocycles. The van der Waals surface area contributed by atoms with Crippen LogP contribution in [0.2, 0.25) is 0 Å². The molecule has 0 N–H and O–H groups in total. The van der Waals surface area contributed by atoms with Crippen molar-refractivity contribution in [1.29, 1.82) is 0 Å². The third kappa shape index (κ3) is 3.76. The van der Waals surface area contributed by atoms with Gasteiger partial charge >= 0.3 is 0 Å². The van der Waals surface area contributed by atoms with Gasteiger partial charge in [0.15, 0.2) is 5.79 Å². The summed E-state index contributed by atoms with van der Waals surface area (Å²) in [5, 5.41) is 4.15. The van der Waals surface area contributed by atoms with Crippen LogP contribution in [-0.4, -0.2) is 65.2 Å². The molecule has 2 aromatic heterocycles. The lowest BCUT2D eigenvalue weighted by Gasteiger charge is -2.36. The van der Waals surface area contributed by atoms with Crippen LogP contribution in [0.3, 0.4) is 0 Å². The fraction of sp³-hybridized carbons (Fsp3) is 0.650. The molecule has 2 aromatic rings. The lowest BCUT2D eigenvalue weighted by Crippen LogP contribution is -2.44. The maximum Gasteiger partial charge on any atom is 0.241 e. The second-order valence-electron chi connectivity index (χ2n) is 7.85. The van der Waals surface area contributed by atoms with Crippen LogP contribution >= 0.6 is 0 Å². The lowest BCUT2D eigenvalue weighted by atomic mass is 10.0. The summed E-state index contributed by atoms with van der Waals surface area (Å²) in [6.45, 7) is 6.06. The molecular weight excluding hydrogens is 358 g/mol. The number of piperidine rings is 2. The molecule has 28 heavy (non-hydrogen) atoms. The van der Waals surface area contributed by atoms with E-state index >= 15 is 0 Å². The molecule has 0 aromatic carbocycles. The maximum atomic E-state index is 5.78. The first kappa shape index (κ1) is 18.0. The van der Waals surface area contributed by atoms with E-state index in [2.05, 4.69) is 31.0 Å². The molecule has 3 saturated heterocycles. The zero-order valence-electron chi connectivity index (χ0n) is 16.2. The first-order chi connectivity index (χ1) is 13.8. The minimum atomic E-state index is -0.349. The van der Waals surface area contributed by atoms with E-state index in [1.165, 1.54) is 19.3 Å². The van der Waals surface area contributed by atoms with E-state index in [1.54, 1.807) is 0 Å². The van der Waals surface area contributed by atoms with Crippen molar-refractivity contribution in [1.82, 2.24) is 20.0 Å². The topological polar surface area (TPSA) is 76.8 Å². The third-order valence-corrected chi connectivity index (χ3v) is 5.94. The predicted octanol–water partition coefficient (Wildman–Crippen LogP) is 2.46. The van der Waals surface area contributed by atoms with Crippen LogP contribution in [0.1, 0.15) is 38.0 Å². The van der Waals surface area contributed by atoms with E-state index in [0.717, 1.165) is 50.4 Å². The summed E-state index contributed by atoms with van der Waals surface area (Å²) in [6, 6.07) is 4.09. The van der Waals surface area contributed by atoms with E-state index < -0.39 is 0 Å². The Morgan fingerprint density at radius 2 is 1.75 bits per heavy atom. The highest BCUT2D eigenvalue weighted by Gasteiger charge is 2.39. The summed E-state index contributed by atoms with van der Waals surface area (Å²) in [6.07, 6.45) is 7.42. The van der Waals surface area contributed by atoms with Crippen molar-refractivity contribution in [2.24, 2.45) is 0 Å². The maximum absolute atomic E-state index is 5.78. The SMILES string of the molecule is c1cc(N2CCCCC2)ncc1-c1noc(CN2CCC3(CC2)OCCO3)n1. The van der Waals surface area contributed by atoms with Crippen molar-refractivity contribution in [2.75, 3.05) is 44.3 Å². The summed E-state index contributed by atoms with van der Waals surface area (Å²) in [5.41, 5.74) is 0.890. The summed E-state index contributed by atoms with van der Waals surface area (Å²) >= 11 is 0. The fourth-order valence-electron chi connectivity index (χ4n) is 4.29. The Morgan fingerprint density at radius 3 is 2.46 bits per heavy atom. The minimum Gasteiger partial charge on any atom is -0.357 e. The van der Waals surface area contributed by atoms with Gasteiger partial charge in [-0.25, -0.2) is 4.98 Å². The highest BCUT2D eigenvalue weighted by molar-refractivity contribution is 5.55. The van der Waals surface area contributed by atoms with Gasteiger partial charge in [-0.3, -0.25) is 4.90 Å². The zero-order valence-corrected chi connectivity index (χ0v) is 16.2. The number of likely N-dealkylation sites (tertiary alicyclic amines) is 1. The lowest BCUT2D eigenvalue weighted by molar-refractivity contribution is -0.186. The summed E-state index contributed by atoms with van der Waals surface area (Å²) in [4.78, 5) is 13.8. The van der Waals surface area contributed by atoms with Crippen LogP contribution in [0.15, 0.2) is 22.9 Å². The third-order valence-electron chi connectivity index (χ3n) is 5.94. The molecule has 8 heteroatoms. The molecule has 3 fully saturated rings. The Balaban J connectivity index is 1.19. The Kier molecular flexibility index (Phi) is 5.00. The van der Waals surface area contributed by atoms with Gasteiger partial charge in [0.1, 0.15) is 5.82 Å². The van der Waals surface area contributed by atoms with Crippen molar-refractivity contribution in [2.45, 2.75) is 44.4 Å². The van der Waals surface area contributed by atoms with E-state index in [4.69, 9.17) is 14.0 Å². The summed E-state index contributed by atoms with van der Waals surface area (Å²) in [7, 11) is 0. The molecule has 0 atom stereocenters. The summed E-state index contributed by atoms with van der Waals surface area (Å²) < 4.78 is 17.1. The molecule has 0 amide bonds. The molecule has 1 spiro atoms. The average molecular weight is 385 g/mol. The Hall–Kier alpha value is -2.03. The molecule has 8 nitrogen and oxygen atoms in total. The molecule has 150 valence electrons. The van der Waals surface area contributed by atoms with E-state index in [9.17, 15) is 0 Å². The van der Waals surface area contributed by atoms with E-state index in [0.29, 0.717) is 31.5 Å². The standard InChI is InChI=1S/C20H27N5O3/c1-2-8-25(9-3-1)17-5-4-16(14-21-17)19-22-18(28-23-19)15-24-10-6-20(7-11-24)26-12-13-27-20/h4-5,14H,1-3,6-13,15H2. The van der Waals surface area contributed by atoms with Gasteiger partial charge in [0, 0.05) is 50.8 Å². The molecule has 3 aliphatic rings. The first-order valence-electron chi connectivity index (χ1n) is 10.3. The van der Waals surface area contributed by atoms with Crippen LogP contribution in [0.25, 0.3) is 11.4 Å². The molecule has 0 radical (unpaired) electrons. The van der Waals surface area contributed by atoms with Crippen molar-refractivity contribution >= 4 is 5.82 Å². The number of pyridine rings is 1. The van der Waals surface area contributed by atoms with Crippen molar-refractivity contribution in [3.05, 3.63) is 24.2 Å². The minimum absolute atomic E-state index is 0.349. The van der Waals surface area contributed by atoms with Gasteiger partial charge in [0.05, 0.1) is 19.8 Å². The van der Waals surface area contributed by atoms with Gasteiger partial charge in [0.25, 0.3) is 0 Å². The predicted molar refractivity (Wildman–Crippen MR) is 103 cm³/mol. The molecule has 0 aliphatic carbocycles. The van der Waals surface area contributed by atoms with Gasteiger partial charge < -0.3 is 18.9 Å². The quantitative estimate of drug-likeness (QED) is 0.794. The normalized spacial score (nSPS) is 22.8. The van der Waals surface area contributed by atoms with Gasteiger partial charge in [-0.05, 0) is 31.4 Å². The fourth-order valence-corrected chi connectivity index (χ4v) is 4.29. The van der Waals surface area contributed by atoms with Gasteiger partial charge in [-0.15, -0.1) is 0 Å². The highest BCUT2D eigenvalue weighted by Crippen LogP contribution is 2.31. The van der Waals surface area contributed by atoms with Crippen LogP contribution in [0.4, 0.5) is 5.82 Å². The van der Waals surface area contributed by atoms with Crippen LogP contribution < -0.4 is 4.90 Å². The molecule has 0 bridgehead atoms. The van der Waals surface area contributed by atoms with Gasteiger partial charge in [0.2, 0.25) is 11.7 Å². The average Bonchev–Trinajstić information content (AvgIpc) is 3.41. The Bertz CT molecular complexity index is 771. The van der Waals surface area contributed by atoms with Crippen molar-refractivity contribution in [3.8, 4) is 11.4 Å². The van der Waals surface area contributed by atoms with Crippen LogP contribution in [0, 0.1) is 0 Å². The number of hydrogen-bond donors (Lipinski definition) is 0. The smallest absolute Gasteiger partial charge is 0.241 e. The number of nitrogens with zero attached hydrogens (tertiary/aromatic N) is 5. The van der Waals surface area contributed by atoms with Crippen LogP contribution in [-0.2, 0) is 16.0 Å². The molecular formula is C20H27N5O3. The molecule has 0 saturated carbocycles. The van der Waals surface area contributed by atoms with Crippen molar-refractivity contribution in [3.63, 3.8) is 0 Å². The molecule has 5 rings (SSSR count). The van der Waals surface area contributed by atoms with Crippen LogP contribution in [0.5, 0.6) is 0 Å². The Labute approximate surface area is 164 Å². The highest BCUT2D eigenvalue weighted by atomic mass is 16.7. The number of anilines is 1. The second-order valence-corrected chi connectivity index (χ2v) is 7.85. The second kappa shape index (κ2) is 7.77. The van der Waals surface area contributed by atoms with E-state index in [1.807, 2.05) is 12.3 Å². The molecule has 5 heterocycles. The number of aromatic nitrogens is 3. The number of rotatable bonds is 4. The largest absolute Gasteiger partial charge is 0.357 e. The molecule has 0 unspecified atom stereocenters. The van der Waals surface area contributed by atoms with E-state index in [-0.39, 0.29) is 5.79 Å². The first-order valence-corrected chi connectivity index (χ1v) is 10.3. The summed E-state index contributed by atoms with van der Waals surface area (Å²) in [5.74, 6) is 1.92.